The van der Waals surface area contributed by atoms with E-state index in [1.54, 1.807) is 0 Å². The Bertz CT molecular complexity index is 474. The third-order valence-electron chi connectivity index (χ3n) is 3.39. The number of rotatable bonds is 5. The minimum absolute atomic E-state index is 0.431. The standard InChI is InChI=1S/C17H26N2O3/c1-17(2,3)22-16(20)19-15-6-4-13(5-7-15)10-18-11-14-8-9-21-12-14/h4-7,14,18H,8-12H2,1-3H3,(H,19,20). The average Bonchev–Trinajstić information content (AvgIpc) is 2.92. The molecule has 1 aliphatic heterocycles. The molecule has 1 fully saturated rings. The summed E-state index contributed by atoms with van der Waals surface area (Å²) in [5.41, 5.74) is 1.44. The van der Waals surface area contributed by atoms with Gasteiger partial charge in [-0.1, -0.05) is 12.1 Å². The van der Waals surface area contributed by atoms with E-state index in [1.807, 2.05) is 45.0 Å². The Balaban J connectivity index is 1.73. The molecular formula is C17H26N2O3. The van der Waals surface area contributed by atoms with Crippen LogP contribution < -0.4 is 10.6 Å². The van der Waals surface area contributed by atoms with Gasteiger partial charge in [0.15, 0.2) is 0 Å². The first kappa shape index (κ1) is 16.8. The van der Waals surface area contributed by atoms with Gasteiger partial charge in [0, 0.05) is 25.4 Å². The highest BCUT2D eigenvalue weighted by Gasteiger charge is 2.16. The van der Waals surface area contributed by atoms with E-state index in [2.05, 4.69) is 10.6 Å². The molecule has 0 saturated carbocycles. The van der Waals surface area contributed by atoms with Crippen molar-refractivity contribution in [2.75, 3.05) is 25.1 Å². The SMILES string of the molecule is CC(C)(C)OC(=O)Nc1ccc(CNCC2CCOC2)cc1. The minimum Gasteiger partial charge on any atom is -0.444 e. The molecule has 1 saturated heterocycles. The number of benzene rings is 1. The zero-order chi connectivity index (χ0) is 16.0. The molecule has 2 N–H and O–H groups in total. The summed E-state index contributed by atoms with van der Waals surface area (Å²) in [5, 5.41) is 6.17. The Morgan fingerprint density at radius 3 is 2.64 bits per heavy atom. The lowest BCUT2D eigenvalue weighted by Crippen LogP contribution is -2.27. The molecular weight excluding hydrogens is 280 g/mol. The summed E-state index contributed by atoms with van der Waals surface area (Å²) in [7, 11) is 0. The number of hydrogen-bond acceptors (Lipinski definition) is 4. The van der Waals surface area contributed by atoms with Crippen LogP contribution in [0, 0.1) is 5.92 Å². The average molecular weight is 306 g/mol. The van der Waals surface area contributed by atoms with Crippen molar-refractivity contribution in [2.45, 2.75) is 39.3 Å². The van der Waals surface area contributed by atoms with Crippen LogP contribution in [0.15, 0.2) is 24.3 Å². The second-order valence-electron chi connectivity index (χ2n) is 6.68. The molecule has 22 heavy (non-hydrogen) atoms. The van der Waals surface area contributed by atoms with Gasteiger partial charge >= 0.3 is 6.09 Å². The third-order valence-corrected chi connectivity index (χ3v) is 3.39. The number of carbonyl (C=O) groups is 1. The van der Waals surface area contributed by atoms with E-state index in [4.69, 9.17) is 9.47 Å². The van der Waals surface area contributed by atoms with Crippen LogP contribution in [0.5, 0.6) is 0 Å². The highest BCUT2D eigenvalue weighted by atomic mass is 16.6. The van der Waals surface area contributed by atoms with Gasteiger partial charge in [-0.25, -0.2) is 4.79 Å². The summed E-state index contributed by atoms with van der Waals surface area (Å²) in [4.78, 5) is 11.7. The smallest absolute Gasteiger partial charge is 0.412 e. The summed E-state index contributed by atoms with van der Waals surface area (Å²) in [6, 6.07) is 7.79. The first-order chi connectivity index (χ1) is 10.4. The molecule has 1 aromatic rings. The number of anilines is 1. The molecule has 0 spiro atoms. The van der Waals surface area contributed by atoms with E-state index in [0.29, 0.717) is 5.92 Å². The Morgan fingerprint density at radius 1 is 1.32 bits per heavy atom. The Morgan fingerprint density at radius 2 is 2.05 bits per heavy atom. The van der Waals surface area contributed by atoms with Crippen molar-refractivity contribution in [3.63, 3.8) is 0 Å². The van der Waals surface area contributed by atoms with Crippen molar-refractivity contribution in [2.24, 2.45) is 5.92 Å². The van der Waals surface area contributed by atoms with Gasteiger partial charge in [0.1, 0.15) is 5.60 Å². The predicted molar refractivity (Wildman–Crippen MR) is 86.9 cm³/mol. The molecule has 0 aliphatic carbocycles. The van der Waals surface area contributed by atoms with Gasteiger partial charge in [0.05, 0.1) is 6.61 Å². The summed E-state index contributed by atoms with van der Waals surface area (Å²) in [6.45, 7) is 9.09. The maximum atomic E-state index is 11.7. The van der Waals surface area contributed by atoms with Crippen LogP contribution in [0.1, 0.15) is 32.8 Å². The molecule has 1 atom stereocenters. The summed E-state index contributed by atoms with van der Waals surface area (Å²) >= 11 is 0. The first-order valence-electron chi connectivity index (χ1n) is 7.80. The largest absolute Gasteiger partial charge is 0.444 e. The van der Waals surface area contributed by atoms with E-state index in [-0.39, 0.29) is 0 Å². The Hall–Kier alpha value is -1.59. The van der Waals surface area contributed by atoms with Gasteiger partial charge in [-0.05, 0) is 50.8 Å². The van der Waals surface area contributed by atoms with E-state index in [0.717, 1.165) is 38.4 Å². The molecule has 1 aromatic carbocycles. The lowest BCUT2D eigenvalue weighted by molar-refractivity contribution is 0.0636. The van der Waals surface area contributed by atoms with Crippen LogP contribution in [0.3, 0.4) is 0 Å². The van der Waals surface area contributed by atoms with Crippen molar-refractivity contribution >= 4 is 11.8 Å². The van der Waals surface area contributed by atoms with Gasteiger partial charge in [0.25, 0.3) is 0 Å². The minimum atomic E-state index is -0.488. The van der Waals surface area contributed by atoms with Gasteiger partial charge in [-0.2, -0.15) is 0 Å². The zero-order valence-corrected chi connectivity index (χ0v) is 13.6. The molecule has 0 bridgehead atoms. The molecule has 1 heterocycles. The van der Waals surface area contributed by atoms with Crippen LogP contribution in [0.2, 0.25) is 0 Å². The van der Waals surface area contributed by atoms with Crippen molar-refractivity contribution < 1.29 is 14.3 Å². The third kappa shape index (κ3) is 6.03. The first-order valence-corrected chi connectivity index (χ1v) is 7.80. The number of hydrogen-bond donors (Lipinski definition) is 2. The van der Waals surface area contributed by atoms with Gasteiger partial charge in [-0.15, -0.1) is 0 Å². The van der Waals surface area contributed by atoms with E-state index in [9.17, 15) is 4.79 Å². The Labute approximate surface area is 132 Å². The lowest BCUT2D eigenvalue weighted by Gasteiger charge is -2.19. The van der Waals surface area contributed by atoms with Gasteiger partial charge in [-0.3, -0.25) is 5.32 Å². The van der Waals surface area contributed by atoms with Crippen molar-refractivity contribution in [1.29, 1.82) is 0 Å². The van der Waals surface area contributed by atoms with Gasteiger partial charge < -0.3 is 14.8 Å². The molecule has 2 rings (SSSR count). The fraction of sp³-hybridized carbons (Fsp3) is 0.588. The number of nitrogens with one attached hydrogen (secondary N) is 2. The molecule has 0 radical (unpaired) electrons. The molecule has 5 nitrogen and oxygen atoms in total. The highest BCUT2D eigenvalue weighted by Crippen LogP contribution is 2.14. The number of carbonyl (C=O) groups excluding carboxylic acids is 1. The van der Waals surface area contributed by atoms with Crippen LogP contribution in [-0.2, 0) is 16.0 Å². The Kier molecular flexibility index (Phi) is 5.80. The van der Waals surface area contributed by atoms with Crippen molar-refractivity contribution in [3.8, 4) is 0 Å². The predicted octanol–water partition coefficient (Wildman–Crippen LogP) is 3.16. The molecule has 1 amide bonds. The quantitative estimate of drug-likeness (QED) is 0.877. The molecule has 1 unspecified atom stereocenters. The number of ether oxygens (including phenoxy) is 2. The lowest BCUT2D eigenvalue weighted by atomic mass is 10.1. The highest BCUT2D eigenvalue weighted by molar-refractivity contribution is 5.84. The van der Waals surface area contributed by atoms with Crippen LogP contribution in [0.25, 0.3) is 0 Å². The maximum absolute atomic E-state index is 11.7. The summed E-state index contributed by atoms with van der Waals surface area (Å²) < 4.78 is 10.6. The summed E-state index contributed by atoms with van der Waals surface area (Å²) in [5.74, 6) is 0.633. The second kappa shape index (κ2) is 7.61. The number of amides is 1. The fourth-order valence-electron chi connectivity index (χ4n) is 2.29. The molecule has 1 aliphatic rings. The fourth-order valence-corrected chi connectivity index (χ4v) is 2.29. The van der Waals surface area contributed by atoms with Gasteiger partial charge in [0.2, 0.25) is 0 Å². The van der Waals surface area contributed by atoms with Crippen molar-refractivity contribution in [3.05, 3.63) is 29.8 Å². The van der Waals surface area contributed by atoms with Crippen LogP contribution >= 0.6 is 0 Å². The molecule has 122 valence electrons. The monoisotopic (exact) mass is 306 g/mol. The second-order valence-corrected chi connectivity index (χ2v) is 6.68. The topological polar surface area (TPSA) is 59.6 Å². The van der Waals surface area contributed by atoms with Crippen molar-refractivity contribution in [1.82, 2.24) is 5.32 Å². The molecule has 0 aromatic heterocycles. The normalized spacial score (nSPS) is 18.2. The zero-order valence-electron chi connectivity index (χ0n) is 13.6. The van der Waals surface area contributed by atoms with E-state index >= 15 is 0 Å². The van der Waals surface area contributed by atoms with E-state index < -0.39 is 11.7 Å². The maximum Gasteiger partial charge on any atom is 0.412 e. The van der Waals surface area contributed by atoms with Crippen LogP contribution in [-0.4, -0.2) is 31.5 Å². The summed E-state index contributed by atoms with van der Waals surface area (Å²) in [6.07, 6.45) is 0.714. The van der Waals surface area contributed by atoms with Crippen LogP contribution in [0.4, 0.5) is 10.5 Å². The van der Waals surface area contributed by atoms with E-state index in [1.165, 1.54) is 5.56 Å². The molecule has 5 heteroatoms.